The fourth-order valence-corrected chi connectivity index (χ4v) is 3.30. The molecule has 2 aromatic rings. The van der Waals surface area contributed by atoms with Gasteiger partial charge in [0.1, 0.15) is 0 Å². The van der Waals surface area contributed by atoms with E-state index in [1.165, 1.54) is 5.56 Å². The first-order valence-corrected chi connectivity index (χ1v) is 8.29. The molecule has 2 atom stereocenters. The predicted molar refractivity (Wildman–Crippen MR) is 90.9 cm³/mol. The van der Waals surface area contributed by atoms with E-state index in [9.17, 15) is 5.11 Å². The van der Waals surface area contributed by atoms with Crippen LogP contribution in [0.3, 0.4) is 0 Å². The van der Waals surface area contributed by atoms with Gasteiger partial charge >= 0.3 is 0 Å². The van der Waals surface area contributed by atoms with Crippen LogP contribution in [-0.2, 0) is 13.6 Å². The van der Waals surface area contributed by atoms with Crippen LogP contribution in [0.5, 0.6) is 0 Å². The molecule has 1 aliphatic rings. The summed E-state index contributed by atoms with van der Waals surface area (Å²) in [6.45, 7) is 6.94. The molecule has 1 saturated heterocycles. The van der Waals surface area contributed by atoms with E-state index in [0.717, 1.165) is 31.7 Å². The first kappa shape index (κ1) is 16.2. The molecule has 0 spiro atoms. The van der Waals surface area contributed by atoms with Gasteiger partial charge in [0.15, 0.2) is 0 Å². The number of piperazine rings is 1. The van der Waals surface area contributed by atoms with Gasteiger partial charge in [0.05, 0.1) is 12.3 Å². The second kappa shape index (κ2) is 7.25. The van der Waals surface area contributed by atoms with Crippen LogP contribution in [0.4, 0.5) is 0 Å². The third-order valence-corrected chi connectivity index (χ3v) is 4.61. The highest BCUT2D eigenvalue weighted by Crippen LogP contribution is 2.18. The molecule has 2 heterocycles. The van der Waals surface area contributed by atoms with Gasteiger partial charge in [0.25, 0.3) is 0 Å². The van der Waals surface area contributed by atoms with Gasteiger partial charge in [-0.3, -0.25) is 14.5 Å². The molecule has 0 radical (unpaired) electrons. The zero-order chi connectivity index (χ0) is 16.2. The van der Waals surface area contributed by atoms with Gasteiger partial charge in [0, 0.05) is 57.6 Å². The van der Waals surface area contributed by atoms with Crippen molar-refractivity contribution in [3.8, 4) is 0 Å². The van der Waals surface area contributed by atoms with Crippen molar-refractivity contribution in [3.63, 3.8) is 0 Å². The number of hydrogen-bond acceptors (Lipinski definition) is 4. The summed E-state index contributed by atoms with van der Waals surface area (Å²) in [5.41, 5.74) is 2.26. The van der Waals surface area contributed by atoms with Crippen LogP contribution in [0, 0.1) is 0 Å². The number of rotatable bonds is 5. The van der Waals surface area contributed by atoms with Gasteiger partial charge in [0.2, 0.25) is 0 Å². The van der Waals surface area contributed by atoms with E-state index in [2.05, 4.69) is 28.0 Å². The van der Waals surface area contributed by atoms with E-state index in [0.29, 0.717) is 12.6 Å². The molecular formula is C18H26N4O. The van der Waals surface area contributed by atoms with E-state index < -0.39 is 6.10 Å². The zero-order valence-electron chi connectivity index (χ0n) is 14.0. The van der Waals surface area contributed by atoms with Crippen LogP contribution < -0.4 is 0 Å². The van der Waals surface area contributed by atoms with Gasteiger partial charge in [-0.1, -0.05) is 30.3 Å². The summed E-state index contributed by atoms with van der Waals surface area (Å²) >= 11 is 0. The first-order chi connectivity index (χ1) is 11.1. The number of aliphatic hydroxyl groups excluding tert-OH is 1. The highest BCUT2D eigenvalue weighted by molar-refractivity contribution is 5.17. The quantitative estimate of drug-likeness (QED) is 0.912. The van der Waals surface area contributed by atoms with Crippen LogP contribution >= 0.6 is 0 Å². The van der Waals surface area contributed by atoms with Crippen LogP contribution in [0.25, 0.3) is 0 Å². The molecule has 1 aromatic carbocycles. The molecule has 23 heavy (non-hydrogen) atoms. The number of benzene rings is 1. The minimum atomic E-state index is -0.413. The summed E-state index contributed by atoms with van der Waals surface area (Å²) in [6, 6.07) is 10.4. The second-order valence-corrected chi connectivity index (χ2v) is 6.53. The van der Waals surface area contributed by atoms with Gasteiger partial charge in [-0.05, 0) is 12.5 Å². The molecule has 1 aliphatic heterocycles. The Morgan fingerprint density at radius 1 is 1.26 bits per heavy atom. The molecule has 0 bridgehead atoms. The third kappa shape index (κ3) is 4.19. The Morgan fingerprint density at radius 3 is 2.70 bits per heavy atom. The molecule has 3 rings (SSSR count). The summed E-state index contributed by atoms with van der Waals surface area (Å²) in [5.74, 6) is 0. The Morgan fingerprint density at radius 2 is 2.04 bits per heavy atom. The lowest BCUT2D eigenvalue weighted by atomic mass is 10.1. The number of nitrogens with zero attached hydrogens (tertiary/aromatic N) is 4. The largest absolute Gasteiger partial charge is 0.387 e. The lowest BCUT2D eigenvalue weighted by Crippen LogP contribution is -2.52. The minimum absolute atomic E-state index is 0.413. The number of aromatic nitrogens is 2. The van der Waals surface area contributed by atoms with Crippen molar-refractivity contribution in [2.45, 2.75) is 25.6 Å². The lowest BCUT2D eigenvalue weighted by molar-refractivity contribution is 0.0362. The SMILES string of the molecule is C[C@H]1CN(Cc2cnn(C)c2)CCN1C[C@@H](O)c1ccccc1. The summed E-state index contributed by atoms with van der Waals surface area (Å²) in [4.78, 5) is 4.85. The fourth-order valence-electron chi connectivity index (χ4n) is 3.30. The Kier molecular flexibility index (Phi) is 5.10. The van der Waals surface area contributed by atoms with Gasteiger partial charge in [-0.15, -0.1) is 0 Å². The van der Waals surface area contributed by atoms with Crippen molar-refractivity contribution < 1.29 is 5.11 Å². The van der Waals surface area contributed by atoms with Gasteiger partial charge in [-0.2, -0.15) is 5.10 Å². The van der Waals surface area contributed by atoms with Crippen LogP contribution in [0.15, 0.2) is 42.7 Å². The second-order valence-electron chi connectivity index (χ2n) is 6.53. The highest BCUT2D eigenvalue weighted by atomic mass is 16.3. The molecular weight excluding hydrogens is 288 g/mol. The molecule has 0 saturated carbocycles. The number of aliphatic hydroxyl groups is 1. The van der Waals surface area contributed by atoms with E-state index in [1.54, 1.807) is 0 Å². The smallest absolute Gasteiger partial charge is 0.0917 e. The molecule has 0 aliphatic carbocycles. The summed E-state index contributed by atoms with van der Waals surface area (Å²) in [5, 5.41) is 14.7. The van der Waals surface area contributed by atoms with Crippen molar-refractivity contribution >= 4 is 0 Å². The van der Waals surface area contributed by atoms with Gasteiger partial charge < -0.3 is 5.11 Å². The number of β-amino-alcohol motifs (C(OH)–C–C–N with tert-alkyl or cyclic N) is 1. The molecule has 1 N–H and O–H groups in total. The van der Waals surface area contributed by atoms with Crippen molar-refractivity contribution in [1.82, 2.24) is 19.6 Å². The van der Waals surface area contributed by atoms with Crippen molar-refractivity contribution in [1.29, 1.82) is 0 Å². The summed E-state index contributed by atoms with van der Waals surface area (Å²) in [7, 11) is 1.95. The Labute approximate surface area is 138 Å². The number of hydrogen-bond donors (Lipinski definition) is 1. The highest BCUT2D eigenvalue weighted by Gasteiger charge is 2.25. The molecule has 1 fully saturated rings. The van der Waals surface area contributed by atoms with Crippen LogP contribution in [0.1, 0.15) is 24.2 Å². The topological polar surface area (TPSA) is 44.5 Å². The summed E-state index contributed by atoms with van der Waals surface area (Å²) < 4.78 is 1.85. The van der Waals surface area contributed by atoms with E-state index in [1.807, 2.05) is 48.3 Å². The maximum atomic E-state index is 10.4. The van der Waals surface area contributed by atoms with Crippen LogP contribution in [-0.4, -0.2) is 56.9 Å². The number of aryl methyl sites for hydroxylation is 1. The average Bonchev–Trinajstić information content (AvgIpc) is 2.96. The standard InChI is InChI=1S/C18H26N4O/c1-15-11-21(13-16-10-19-20(2)12-16)8-9-22(15)14-18(23)17-6-4-3-5-7-17/h3-7,10,12,15,18,23H,8-9,11,13-14H2,1-2H3/t15-,18+/m0/s1. The van der Waals surface area contributed by atoms with E-state index in [4.69, 9.17) is 0 Å². The van der Waals surface area contributed by atoms with E-state index in [-0.39, 0.29) is 0 Å². The maximum Gasteiger partial charge on any atom is 0.0917 e. The Hall–Kier alpha value is -1.69. The predicted octanol–water partition coefficient (Wildman–Crippen LogP) is 1.66. The zero-order valence-corrected chi connectivity index (χ0v) is 14.0. The normalized spacial score (nSPS) is 21.4. The minimum Gasteiger partial charge on any atom is -0.387 e. The molecule has 5 nitrogen and oxygen atoms in total. The molecule has 0 amide bonds. The van der Waals surface area contributed by atoms with Crippen LogP contribution in [0.2, 0.25) is 0 Å². The summed E-state index contributed by atoms with van der Waals surface area (Å²) in [6.07, 6.45) is 3.61. The maximum absolute atomic E-state index is 10.4. The average molecular weight is 314 g/mol. The van der Waals surface area contributed by atoms with E-state index >= 15 is 0 Å². The Balaban J connectivity index is 1.52. The van der Waals surface area contributed by atoms with Crippen molar-refractivity contribution in [3.05, 3.63) is 53.9 Å². The molecule has 0 unspecified atom stereocenters. The Bertz CT molecular complexity index is 612. The molecule has 1 aromatic heterocycles. The fraction of sp³-hybridized carbons (Fsp3) is 0.500. The molecule has 5 heteroatoms. The monoisotopic (exact) mass is 314 g/mol. The first-order valence-electron chi connectivity index (χ1n) is 8.29. The van der Waals surface area contributed by atoms with Crippen molar-refractivity contribution in [2.75, 3.05) is 26.2 Å². The van der Waals surface area contributed by atoms with Crippen molar-refractivity contribution in [2.24, 2.45) is 7.05 Å². The lowest BCUT2D eigenvalue weighted by Gasteiger charge is -2.40. The molecule has 124 valence electrons. The van der Waals surface area contributed by atoms with Gasteiger partial charge in [-0.25, -0.2) is 0 Å². The third-order valence-electron chi connectivity index (χ3n) is 4.61.